The summed E-state index contributed by atoms with van der Waals surface area (Å²) in [6.07, 6.45) is 0. The molecule has 0 bridgehead atoms. The van der Waals surface area contributed by atoms with Crippen molar-refractivity contribution in [1.82, 2.24) is 9.78 Å². The van der Waals surface area contributed by atoms with Crippen molar-refractivity contribution in [1.29, 1.82) is 0 Å². The zero-order valence-electron chi connectivity index (χ0n) is 11.4. The third kappa shape index (κ3) is 2.46. The van der Waals surface area contributed by atoms with Crippen LogP contribution in [0, 0.1) is 13.8 Å². The van der Waals surface area contributed by atoms with Crippen molar-refractivity contribution < 1.29 is 5.11 Å². The van der Waals surface area contributed by atoms with Gasteiger partial charge in [0.15, 0.2) is 0 Å². The predicted molar refractivity (Wildman–Crippen MR) is 73.0 cm³/mol. The molecule has 0 fully saturated rings. The van der Waals surface area contributed by atoms with Gasteiger partial charge in [0.05, 0.1) is 18.0 Å². The maximum absolute atomic E-state index is 9.24. The van der Waals surface area contributed by atoms with E-state index in [4.69, 9.17) is 0 Å². The first kappa shape index (κ1) is 12.8. The molecule has 3 nitrogen and oxygen atoms in total. The van der Waals surface area contributed by atoms with Gasteiger partial charge in [0.2, 0.25) is 0 Å². The summed E-state index contributed by atoms with van der Waals surface area (Å²) in [5, 5.41) is 13.7. The van der Waals surface area contributed by atoms with E-state index in [1.165, 1.54) is 11.1 Å². The number of hydrogen-bond donors (Lipinski definition) is 1. The topological polar surface area (TPSA) is 38.0 Å². The summed E-state index contributed by atoms with van der Waals surface area (Å²) in [6, 6.07) is 8.36. The van der Waals surface area contributed by atoms with Gasteiger partial charge in [-0.3, -0.25) is 0 Å². The van der Waals surface area contributed by atoms with Gasteiger partial charge in [0.1, 0.15) is 0 Å². The second-order valence-electron chi connectivity index (χ2n) is 5.13. The summed E-state index contributed by atoms with van der Waals surface area (Å²) in [5.41, 5.74) is 5.36. The summed E-state index contributed by atoms with van der Waals surface area (Å²) in [6.45, 7) is 8.43. The number of hydrogen-bond acceptors (Lipinski definition) is 2. The minimum absolute atomic E-state index is 0.0164. The normalized spacial score (nSPS) is 11.2. The van der Waals surface area contributed by atoms with Crippen LogP contribution in [0.1, 0.15) is 42.3 Å². The van der Waals surface area contributed by atoms with Crippen LogP contribution in [-0.2, 0) is 6.61 Å². The average Bonchev–Trinajstić information content (AvgIpc) is 2.71. The van der Waals surface area contributed by atoms with E-state index in [2.05, 4.69) is 51.0 Å². The first-order chi connectivity index (χ1) is 8.51. The van der Waals surface area contributed by atoms with Crippen LogP contribution in [0.2, 0.25) is 0 Å². The zero-order chi connectivity index (χ0) is 13.3. The first-order valence-corrected chi connectivity index (χ1v) is 6.29. The Morgan fingerprint density at radius 3 is 2.22 bits per heavy atom. The van der Waals surface area contributed by atoms with E-state index in [1.807, 2.05) is 10.7 Å². The standard InChI is InChI=1S/C15H20N2O/c1-10(2)15-8-13(9-18)16-17(15)14-6-11(3)5-12(4)7-14/h5-8,10,18H,9H2,1-4H3. The number of benzene rings is 1. The number of aromatic nitrogens is 2. The zero-order valence-corrected chi connectivity index (χ0v) is 11.4. The van der Waals surface area contributed by atoms with Crippen LogP contribution in [0.5, 0.6) is 0 Å². The molecular formula is C15H20N2O. The molecule has 3 heteroatoms. The van der Waals surface area contributed by atoms with Gasteiger partial charge in [-0.15, -0.1) is 0 Å². The molecule has 0 saturated heterocycles. The molecule has 0 radical (unpaired) electrons. The summed E-state index contributed by atoms with van der Waals surface area (Å²) in [5.74, 6) is 0.374. The lowest BCUT2D eigenvalue weighted by Crippen LogP contribution is -2.04. The molecule has 0 unspecified atom stereocenters. The lowest BCUT2D eigenvalue weighted by Gasteiger charge is -2.11. The van der Waals surface area contributed by atoms with Gasteiger partial charge < -0.3 is 5.11 Å². The second-order valence-corrected chi connectivity index (χ2v) is 5.13. The highest BCUT2D eigenvalue weighted by Crippen LogP contribution is 2.22. The van der Waals surface area contributed by atoms with E-state index >= 15 is 0 Å². The van der Waals surface area contributed by atoms with Gasteiger partial charge in [0.25, 0.3) is 0 Å². The summed E-state index contributed by atoms with van der Waals surface area (Å²) in [7, 11) is 0. The fourth-order valence-electron chi connectivity index (χ4n) is 2.22. The molecule has 0 saturated carbocycles. The molecular weight excluding hydrogens is 224 g/mol. The van der Waals surface area contributed by atoms with Crippen molar-refractivity contribution in [2.45, 2.75) is 40.2 Å². The van der Waals surface area contributed by atoms with E-state index in [0.717, 1.165) is 17.1 Å². The molecule has 0 spiro atoms. The van der Waals surface area contributed by atoms with Crippen LogP contribution in [-0.4, -0.2) is 14.9 Å². The fraction of sp³-hybridized carbons (Fsp3) is 0.400. The summed E-state index contributed by atoms with van der Waals surface area (Å²) >= 11 is 0. The van der Waals surface area contributed by atoms with Crippen molar-refractivity contribution >= 4 is 0 Å². The van der Waals surface area contributed by atoms with Crippen molar-refractivity contribution in [2.24, 2.45) is 0 Å². The third-order valence-electron chi connectivity index (χ3n) is 2.99. The number of nitrogens with zero attached hydrogens (tertiary/aromatic N) is 2. The number of aliphatic hydroxyl groups excluding tert-OH is 1. The number of aryl methyl sites for hydroxylation is 2. The highest BCUT2D eigenvalue weighted by molar-refractivity contribution is 5.40. The van der Waals surface area contributed by atoms with E-state index < -0.39 is 0 Å². The Morgan fingerprint density at radius 2 is 1.72 bits per heavy atom. The lowest BCUT2D eigenvalue weighted by molar-refractivity contribution is 0.276. The molecule has 1 N–H and O–H groups in total. The smallest absolute Gasteiger partial charge is 0.0886 e. The molecule has 0 amide bonds. The molecule has 0 atom stereocenters. The molecule has 1 aromatic heterocycles. The Kier molecular flexibility index (Phi) is 3.53. The van der Waals surface area contributed by atoms with Crippen molar-refractivity contribution in [3.63, 3.8) is 0 Å². The molecule has 96 valence electrons. The SMILES string of the molecule is Cc1cc(C)cc(-n2nc(CO)cc2C(C)C)c1. The van der Waals surface area contributed by atoms with Crippen molar-refractivity contribution in [3.05, 3.63) is 46.8 Å². The van der Waals surface area contributed by atoms with E-state index in [-0.39, 0.29) is 6.61 Å². The Labute approximate surface area is 108 Å². The number of rotatable bonds is 3. The van der Waals surface area contributed by atoms with Crippen LogP contribution in [0.4, 0.5) is 0 Å². The Bertz CT molecular complexity index is 535. The van der Waals surface area contributed by atoms with E-state index in [9.17, 15) is 5.11 Å². The number of aliphatic hydroxyl groups is 1. The van der Waals surface area contributed by atoms with Crippen LogP contribution >= 0.6 is 0 Å². The third-order valence-corrected chi connectivity index (χ3v) is 2.99. The van der Waals surface area contributed by atoms with Gasteiger partial charge in [-0.25, -0.2) is 4.68 Å². The minimum atomic E-state index is -0.0164. The van der Waals surface area contributed by atoms with Crippen LogP contribution < -0.4 is 0 Å². The Hall–Kier alpha value is -1.61. The largest absolute Gasteiger partial charge is 0.390 e. The first-order valence-electron chi connectivity index (χ1n) is 6.29. The quantitative estimate of drug-likeness (QED) is 0.901. The molecule has 0 aliphatic carbocycles. The monoisotopic (exact) mass is 244 g/mol. The second kappa shape index (κ2) is 4.94. The van der Waals surface area contributed by atoms with Crippen LogP contribution in [0.25, 0.3) is 5.69 Å². The van der Waals surface area contributed by atoms with E-state index in [1.54, 1.807) is 0 Å². The fourth-order valence-corrected chi connectivity index (χ4v) is 2.22. The van der Waals surface area contributed by atoms with Crippen molar-refractivity contribution in [2.75, 3.05) is 0 Å². The highest BCUT2D eigenvalue weighted by atomic mass is 16.3. The van der Waals surface area contributed by atoms with E-state index in [0.29, 0.717) is 5.92 Å². The summed E-state index contributed by atoms with van der Waals surface area (Å²) < 4.78 is 1.94. The molecule has 1 aromatic carbocycles. The Balaban J connectivity index is 2.58. The highest BCUT2D eigenvalue weighted by Gasteiger charge is 2.12. The molecule has 2 aromatic rings. The van der Waals surface area contributed by atoms with Gasteiger partial charge in [-0.2, -0.15) is 5.10 Å². The lowest BCUT2D eigenvalue weighted by atomic mass is 10.1. The maximum atomic E-state index is 9.24. The molecule has 0 aliphatic heterocycles. The van der Waals surface area contributed by atoms with Crippen molar-refractivity contribution in [3.8, 4) is 5.69 Å². The minimum Gasteiger partial charge on any atom is -0.390 e. The Morgan fingerprint density at radius 1 is 1.11 bits per heavy atom. The van der Waals surface area contributed by atoms with Gasteiger partial charge in [-0.1, -0.05) is 19.9 Å². The van der Waals surface area contributed by atoms with Gasteiger partial charge in [0, 0.05) is 5.69 Å². The molecule has 18 heavy (non-hydrogen) atoms. The van der Waals surface area contributed by atoms with Gasteiger partial charge in [-0.05, 0) is 49.1 Å². The summed E-state index contributed by atoms with van der Waals surface area (Å²) in [4.78, 5) is 0. The average molecular weight is 244 g/mol. The molecule has 1 heterocycles. The maximum Gasteiger partial charge on any atom is 0.0886 e. The van der Waals surface area contributed by atoms with Gasteiger partial charge >= 0.3 is 0 Å². The van der Waals surface area contributed by atoms with Crippen LogP contribution in [0.15, 0.2) is 24.3 Å². The predicted octanol–water partition coefficient (Wildman–Crippen LogP) is 3.10. The molecule has 2 rings (SSSR count). The molecule has 0 aliphatic rings. The van der Waals surface area contributed by atoms with Crippen LogP contribution in [0.3, 0.4) is 0 Å².